The number of aromatic nitrogens is 2. The average Bonchev–Trinajstić information content (AvgIpc) is 3.09. The minimum Gasteiger partial charge on any atom is -0.381 e. The van der Waals surface area contributed by atoms with Crippen molar-refractivity contribution < 1.29 is 4.74 Å². The molecule has 1 aliphatic heterocycles. The van der Waals surface area contributed by atoms with E-state index in [1.165, 1.54) is 0 Å². The maximum atomic E-state index is 9.46. The molecule has 0 spiro atoms. The molecule has 0 atom stereocenters. The van der Waals surface area contributed by atoms with Gasteiger partial charge in [0.2, 0.25) is 0 Å². The molecule has 0 saturated carbocycles. The largest absolute Gasteiger partial charge is 0.381 e. The van der Waals surface area contributed by atoms with Crippen molar-refractivity contribution in [2.75, 3.05) is 25.1 Å². The van der Waals surface area contributed by atoms with Gasteiger partial charge >= 0.3 is 0 Å². The molecule has 0 amide bonds. The molecule has 126 valence electrons. The monoisotopic (exact) mass is 344 g/mol. The highest BCUT2D eigenvalue weighted by molar-refractivity contribution is 6.32. The fraction of sp³-hybridized carbons (Fsp3) is 0.444. The van der Waals surface area contributed by atoms with E-state index in [0.29, 0.717) is 18.2 Å². The van der Waals surface area contributed by atoms with Crippen LogP contribution in [0.4, 0.5) is 5.82 Å². The lowest BCUT2D eigenvalue weighted by Gasteiger charge is -2.30. The number of rotatable bonds is 6. The standard InChI is InChI=1S/C18H21ClN4O/c19-15-4-1-2-5-16(15)23-11-6-17(22-23)21-10-3-7-18(14-20)8-12-24-13-9-18/h1-2,4-6,11H,3,7-10,12-13H2,(H,21,22). The van der Waals surface area contributed by atoms with Crippen LogP contribution < -0.4 is 5.32 Å². The summed E-state index contributed by atoms with van der Waals surface area (Å²) in [6, 6.07) is 12.0. The Morgan fingerprint density at radius 2 is 2.08 bits per heavy atom. The maximum absolute atomic E-state index is 9.46. The van der Waals surface area contributed by atoms with Gasteiger partial charge in [-0.15, -0.1) is 0 Å². The summed E-state index contributed by atoms with van der Waals surface area (Å²) in [6.07, 6.45) is 5.39. The molecule has 1 aromatic carbocycles. The fourth-order valence-electron chi connectivity index (χ4n) is 3.01. The summed E-state index contributed by atoms with van der Waals surface area (Å²) in [5.41, 5.74) is 0.648. The first-order valence-electron chi connectivity index (χ1n) is 8.26. The normalized spacial score (nSPS) is 16.5. The van der Waals surface area contributed by atoms with Crippen molar-refractivity contribution in [3.05, 3.63) is 41.6 Å². The second kappa shape index (κ2) is 7.69. The number of para-hydroxylation sites is 1. The lowest BCUT2D eigenvalue weighted by atomic mass is 9.78. The Morgan fingerprint density at radius 1 is 1.29 bits per heavy atom. The van der Waals surface area contributed by atoms with Crippen LogP contribution in [0.1, 0.15) is 25.7 Å². The molecule has 0 radical (unpaired) electrons. The first kappa shape index (κ1) is 16.8. The van der Waals surface area contributed by atoms with Gasteiger partial charge in [-0.25, -0.2) is 4.68 Å². The van der Waals surface area contributed by atoms with Gasteiger partial charge in [-0.1, -0.05) is 23.7 Å². The van der Waals surface area contributed by atoms with E-state index in [0.717, 1.165) is 43.7 Å². The predicted molar refractivity (Wildman–Crippen MR) is 94.4 cm³/mol. The summed E-state index contributed by atoms with van der Waals surface area (Å²) in [5, 5.41) is 17.9. The molecule has 1 fully saturated rings. The number of hydrogen-bond acceptors (Lipinski definition) is 4. The Hall–Kier alpha value is -2.03. The van der Waals surface area contributed by atoms with E-state index in [1.54, 1.807) is 4.68 Å². The number of nitrogens with one attached hydrogen (secondary N) is 1. The number of nitriles is 1. The zero-order valence-corrected chi connectivity index (χ0v) is 14.3. The quantitative estimate of drug-likeness (QED) is 0.803. The number of nitrogens with zero attached hydrogens (tertiary/aromatic N) is 3. The van der Waals surface area contributed by atoms with Crippen LogP contribution in [-0.2, 0) is 4.74 Å². The van der Waals surface area contributed by atoms with E-state index < -0.39 is 0 Å². The molecule has 1 saturated heterocycles. The van der Waals surface area contributed by atoms with Crippen LogP contribution >= 0.6 is 11.6 Å². The molecular formula is C18H21ClN4O. The maximum Gasteiger partial charge on any atom is 0.148 e. The Balaban J connectivity index is 1.51. The number of hydrogen-bond donors (Lipinski definition) is 1. The Labute approximate surface area is 147 Å². The van der Waals surface area contributed by atoms with Gasteiger partial charge in [0, 0.05) is 32.0 Å². The molecule has 5 nitrogen and oxygen atoms in total. The summed E-state index contributed by atoms with van der Waals surface area (Å²) in [5.74, 6) is 0.813. The number of anilines is 1. The van der Waals surface area contributed by atoms with Gasteiger partial charge in [-0.05, 0) is 37.8 Å². The summed E-state index contributed by atoms with van der Waals surface area (Å²) in [7, 11) is 0. The Kier molecular flexibility index (Phi) is 5.39. The number of halogens is 1. The zero-order valence-electron chi connectivity index (χ0n) is 13.5. The second-order valence-electron chi connectivity index (χ2n) is 6.13. The molecule has 24 heavy (non-hydrogen) atoms. The van der Waals surface area contributed by atoms with E-state index in [4.69, 9.17) is 16.3 Å². The third-order valence-electron chi connectivity index (χ3n) is 4.51. The predicted octanol–water partition coefficient (Wildman–Crippen LogP) is 4.04. The molecule has 1 aromatic heterocycles. The van der Waals surface area contributed by atoms with Gasteiger partial charge in [-0.3, -0.25) is 0 Å². The molecule has 0 bridgehead atoms. The summed E-state index contributed by atoms with van der Waals surface area (Å²) in [4.78, 5) is 0. The lowest BCUT2D eigenvalue weighted by molar-refractivity contribution is 0.0365. The van der Waals surface area contributed by atoms with Crippen LogP contribution in [-0.4, -0.2) is 29.5 Å². The van der Waals surface area contributed by atoms with Crippen LogP contribution in [0, 0.1) is 16.7 Å². The van der Waals surface area contributed by atoms with Crippen molar-refractivity contribution in [1.29, 1.82) is 5.26 Å². The van der Waals surface area contributed by atoms with Gasteiger partial charge in [0.15, 0.2) is 0 Å². The minimum absolute atomic E-state index is 0.211. The molecule has 1 N–H and O–H groups in total. The van der Waals surface area contributed by atoms with Gasteiger partial charge < -0.3 is 10.1 Å². The van der Waals surface area contributed by atoms with E-state index in [1.807, 2.05) is 36.5 Å². The molecule has 0 unspecified atom stereocenters. The zero-order chi connectivity index (χ0) is 16.8. The van der Waals surface area contributed by atoms with E-state index in [-0.39, 0.29) is 5.41 Å². The van der Waals surface area contributed by atoms with Crippen molar-refractivity contribution in [2.45, 2.75) is 25.7 Å². The van der Waals surface area contributed by atoms with E-state index in [2.05, 4.69) is 16.5 Å². The summed E-state index contributed by atoms with van der Waals surface area (Å²) >= 11 is 6.19. The van der Waals surface area contributed by atoms with Gasteiger partial charge in [0.05, 0.1) is 22.2 Å². The molecule has 0 aliphatic carbocycles. The Morgan fingerprint density at radius 3 is 2.83 bits per heavy atom. The topological polar surface area (TPSA) is 62.9 Å². The van der Waals surface area contributed by atoms with Crippen LogP contribution in [0.2, 0.25) is 5.02 Å². The number of benzene rings is 1. The smallest absolute Gasteiger partial charge is 0.148 e. The van der Waals surface area contributed by atoms with Gasteiger partial charge in [0.1, 0.15) is 5.82 Å². The average molecular weight is 345 g/mol. The Bertz CT molecular complexity index is 716. The highest BCUT2D eigenvalue weighted by Crippen LogP contribution is 2.34. The third kappa shape index (κ3) is 3.89. The van der Waals surface area contributed by atoms with E-state index >= 15 is 0 Å². The third-order valence-corrected chi connectivity index (χ3v) is 4.83. The van der Waals surface area contributed by atoms with Crippen LogP contribution in [0.15, 0.2) is 36.5 Å². The highest BCUT2D eigenvalue weighted by Gasteiger charge is 2.31. The molecular weight excluding hydrogens is 324 g/mol. The van der Waals surface area contributed by atoms with Gasteiger partial charge in [-0.2, -0.15) is 10.4 Å². The summed E-state index contributed by atoms with van der Waals surface area (Å²) in [6.45, 7) is 2.19. The molecule has 3 rings (SSSR count). The summed E-state index contributed by atoms with van der Waals surface area (Å²) < 4.78 is 7.13. The minimum atomic E-state index is -0.211. The van der Waals surface area contributed by atoms with Crippen molar-refractivity contribution in [3.8, 4) is 11.8 Å². The highest BCUT2D eigenvalue weighted by atomic mass is 35.5. The first-order valence-corrected chi connectivity index (χ1v) is 8.64. The molecule has 1 aliphatic rings. The van der Waals surface area contributed by atoms with Crippen molar-refractivity contribution in [3.63, 3.8) is 0 Å². The molecule has 2 heterocycles. The molecule has 2 aromatic rings. The first-order chi connectivity index (χ1) is 11.7. The second-order valence-corrected chi connectivity index (χ2v) is 6.54. The van der Waals surface area contributed by atoms with Crippen LogP contribution in [0.5, 0.6) is 0 Å². The van der Waals surface area contributed by atoms with Crippen molar-refractivity contribution >= 4 is 17.4 Å². The lowest BCUT2D eigenvalue weighted by Crippen LogP contribution is -2.28. The number of ether oxygens (including phenoxy) is 1. The SMILES string of the molecule is N#CC1(CCCNc2ccn(-c3ccccc3Cl)n2)CCOCC1. The van der Waals surface area contributed by atoms with E-state index in [9.17, 15) is 5.26 Å². The van der Waals surface area contributed by atoms with Crippen molar-refractivity contribution in [1.82, 2.24) is 9.78 Å². The van der Waals surface area contributed by atoms with Crippen LogP contribution in [0.3, 0.4) is 0 Å². The van der Waals surface area contributed by atoms with Gasteiger partial charge in [0.25, 0.3) is 0 Å². The van der Waals surface area contributed by atoms with Crippen LogP contribution in [0.25, 0.3) is 5.69 Å². The molecule has 6 heteroatoms. The van der Waals surface area contributed by atoms with Crippen molar-refractivity contribution in [2.24, 2.45) is 5.41 Å². The fourth-order valence-corrected chi connectivity index (χ4v) is 3.24.